The first kappa shape index (κ1) is 13.7. The first-order valence-electron chi connectivity index (χ1n) is 6.47. The van der Waals surface area contributed by atoms with E-state index in [1.54, 1.807) is 0 Å². The van der Waals surface area contributed by atoms with Gasteiger partial charge in [0.2, 0.25) is 0 Å². The van der Waals surface area contributed by atoms with Crippen LogP contribution in [0.5, 0.6) is 0 Å². The molecule has 0 spiro atoms. The van der Waals surface area contributed by atoms with Gasteiger partial charge >= 0.3 is 0 Å². The van der Waals surface area contributed by atoms with Crippen molar-refractivity contribution in [2.24, 2.45) is 5.73 Å². The van der Waals surface area contributed by atoms with E-state index in [9.17, 15) is 14.5 Å². The molecule has 1 heterocycles. The van der Waals surface area contributed by atoms with E-state index in [0.717, 1.165) is 31.9 Å². The van der Waals surface area contributed by atoms with Gasteiger partial charge in [-0.15, -0.1) is 0 Å². The van der Waals surface area contributed by atoms with Crippen LogP contribution >= 0.6 is 0 Å². The molecule has 104 valence electrons. The second kappa shape index (κ2) is 5.52. The first-order valence-corrected chi connectivity index (χ1v) is 6.47. The summed E-state index contributed by atoms with van der Waals surface area (Å²) in [4.78, 5) is 12.0. The molecule has 0 bridgehead atoms. The van der Waals surface area contributed by atoms with Gasteiger partial charge in [0.1, 0.15) is 0 Å². The molecule has 1 fully saturated rings. The Bertz CT molecular complexity index is 479. The minimum absolute atomic E-state index is 0.0603. The number of benzene rings is 1. The number of hydrogen-bond donors (Lipinski definition) is 1. The quantitative estimate of drug-likeness (QED) is 0.674. The maximum absolute atomic E-state index is 14.0. The summed E-state index contributed by atoms with van der Waals surface area (Å²) < 4.78 is 14.0. The summed E-state index contributed by atoms with van der Waals surface area (Å²) in [6.45, 7) is 2.65. The van der Waals surface area contributed by atoms with Crippen LogP contribution in [0.3, 0.4) is 0 Å². The van der Waals surface area contributed by atoms with Crippen molar-refractivity contribution in [1.82, 2.24) is 0 Å². The second-order valence-electron chi connectivity index (χ2n) is 5.01. The largest absolute Gasteiger partial charge is 0.365 e. The fraction of sp³-hybridized carbons (Fsp3) is 0.538. The van der Waals surface area contributed by atoms with E-state index in [4.69, 9.17) is 5.73 Å². The average molecular weight is 267 g/mol. The lowest BCUT2D eigenvalue weighted by Gasteiger charge is -2.39. The van der Waals surface area contributed by atoms with Crippen LogP contribution in [-0.4, -0.2) is 23.6 Å². The Morgan fingerprint density at radius 3 is 2.84 bits per heavy atom. The number of halogens is 1. The van der Waals surface area contributed by atoms with Gasteiger partial charge in [-0.2, -0.15) is 0 Å². The van der Waals surface area contributed by atoms with Crippen molar-refractivity contribution in [3.05, 3.63) is 34.1 Å². The molecule has 2 rings (SSSR count). The molecule has 1 aliphatic heterocycles. The van der Waals surface area contributed by atoms with Gasteiger partial charge in [0.15, 0.2) is 5.82 Å². The normalized spacial score (nSPS) is 21.2. The zero-order chi connectivity index (χ0) is 14.0. The smallest absolute Gasteiger partial charge is 0.272 e. The predicted octanol–water partition coefficient (Wildman–Crippen LogP) is 2.44. The molecule has 5 nitrogen and oxygen atoms in total. The molecule has 6 heteroatoms. The summed E-state index contributed by atoms with van der Waals surface area (Å²) in [7, 11) is 0. The molecular formula is C13H18FN3O2. The minimum atomic E-state index is -0.591. The number of hydrogen-bond acceptors (Lipinski definition) is 4. The molecular weight excluding hydrogens is 249 g/mol. The molecule has 2 unspecified atom stereocenters. The maximum Gasteiger partial charge on any atom is 0.272 e. The van der Waals surface area contributed by atoms with Crippen LogP contribution in [0, 0.1) is 15.9 Å². The van der Waals surface area contributed by atoms with Crippen molar-refractivity contribution in [2.45, 2.75) is 38.3 Å². The molecule has 0 aliphatic carbocycles. The van der Waals surface area contributed by atoms with E-state index in [2.05, 4.69) is 0 Å². The van der Waals surface area contributed by atoms with Crippen LogP contribution < -0.4 is 10.6 Å². The van der Waals surface area contributed by atoms with Crippen LogP contribution in [0.4, 0.5) is 15.8 Å². The summed E-state index contributed by atoms with van der Waals surface area (Å²) in [6.07, 6.45) is 2.99. The number of piperidine rings is 1. The van der Waals surface area contributed by atoms with Gasteiger partial charge in [-0.3, -0.25) is 10.1 Å². The number of nitrogens with zero attached hydrogens (tertiary/aromatic N) is 2. The van der Waals surface area contributed by atoms with Crippen molar-refractivity contribution in [1.29, 1.82) is 0 Å². The lowest BCUT2D eigenvalue weighted by atomic mass is 9.96. The maximum atomic E-state index is 14.0. The third-order valence-electron chi connectivity index (χ3n) is 3.61. The summed E-state index contributed by atoms with van der Waals surface area (Å²) in [5.74, 6) is -0.554. The third-order valence-corrected chi connectivity index (χ3v) is 3.61. The monoisotopic (exact) mass is 267 g/mol. The molecule has 2 N–H and O–H groups in total. The van der Waals surface area contributed by atoms with Gasteiger partial charge in [-0.05, 0) is 32.3 Å². The van der Waals surface area contributed by atoms with Crippen LogP contribution in [0.1, 0.15) is 26.2 Å². The lowest BCUT2D eigenvalue weighted by molar-refractivity contribution is -0.385. The van der Waals surface area contributed by atoms with Gasteiger partial charge in [-0.1, -0.05) is 0 Å². The van der Waals surface area contributed by atoms with Gasteiger partial charge in [0, 0.05) is 24.7 Å². The van der Waals surface area contributed by atoms with Crippen molar-refractivity contribution < 1.29 is 9.31 Å². The highest BCUT2D eigenvalue weighted by atomic mass is 19.1. The number of nitro groups is 1. The minimum Gasteiger partial charge on any atom is -0.365 e. The van der Waals surface area contributed by atoms with Gasteiger partial charge in [0.05, 0.1) is 16.7 Å². The van der Waals surface area contributed by atoms with Gasteiger partial charge in [0.25, 0.3) is 5.69 Å². The summed E-state index contributed by atoms with van der Waals surface area (Å²) in [6, 6.07) is 3.82. The van der Waals surface area contributed by atoms with E-state index in [-0.39, 0.29) is 17.8 Å². The Morgan fingerprint density at radius 2 is 2.26 bits per heavy atom. The van der Waals surface area contributed by atoms with E-state index in [1.807, 2.05) is 11.8 Å². The van der Waals surface area contributed by atoms with Crippen LogP contribution in [0.25, 0.3) is 0 Å². The zero-order valence-corrected chi connectivity index (χ0v) is 10.9. The molecule has 1 aliphatic rings. The highest BCUT2D eigenvalue weighted by Gasteiger charge is 2.28. The van der Waals surface area contributed by atoms with Crippen LogP contribution in [0.2, 0.25) is 0 Å². The molecule has 0 saturated carbocycles. The number of non-ortho nitro benzene ring substituents is 1. The Kier molecular flexibility index (Phi) is 3.99. The van der Waals surface area contributed by atoms with Crippen molar-refractivity contribution in [3.8, 4) is 0 Å². The average Bonchev–Trinajstić information content (AvgIpc) is 2.38. The van der Waals surface area contributed by atoms with Gasteiger partial charge < -0.3 is 10.6 Å². The molecule has 2 atom stereocenters. The summed E-state index contributed by atoms with van der Waals surface area (Å²) >= 11 is 0. The zero-order valence-electron chi connectivity index (χ0n) is 10.9. The number of anilines is 1. The third kappa shape index (κ3) is 2.84. The van der Waals surface area contributed by atoms with Crippen molar-refractivity contribution in [2.75, 3.05) is 11.4 Å². The summed E-state index contributed by atoms with van der Waals surface area (Å²) in [5, 5.41) is 10.6. The van der Waals surface area contributed by atoms with Crippen LogP contribution in [-0.2, 0) is 0 Å². The van der Waals surface area contributed by atoms with E-state index < -0.39 is 10.7 Å². The fourth-order valence-corrected chi connectivity index (χ4v) is 2.65. The predicted molar refractivity (Wildman–Crippen MR) is 71.7 cm³/mol. The van der Waals surface area contributed by atoms with E-state index in [1.165, 1.54) is 12.1 Å². The van der Waals surface area contributed by atoms with E-state index in [0.29, 0.717) is 5.69 Å². The highest BCUT2D eigenvalue weighted by Crippen LogP contribution is 2.30. The Labute approximate surface area is 111 Å². The molecule has 1 saturated heterocycles. The Hall–Kier alpha value is -1.69. The van der Waals surface area contributed by atoms with Crippen molar-refractivity contribution >= 4 is 11.4 Å². The number of nitrogens with two attached hydrogens (primary N) is 1. The number of nitro benzene ring substituents is 1. The van der Waals surface area contributed by atoms with Crippen molar-refractivity contribution in [3.63, 3.8) is 0 Å². The van der Waals surface area contributed by atoms with Gasteiger partial charge in [-0.25, -0.2) is 4.39 Å². The fourth-order valence-electron chi connectivity index (χ4n) is 2.65. The highest BCUT2D eigenvalue weighted by molar-refractivity contribution is 5.53. The molecule has 0 radical (unpaired) electrons. The topological polar surface area (TPSA) is 72.4 Å². The molecule has 19 heavy (non-hydrogen) atoms. The Balaban J connectivity index is 2.31. The standard InChI is InChI=1S/C13H18FN3O2/c1-9(15)12-4-2-3-7-16(12)13-6-5-10(17(18)19)8-11(13)14/h5-6,8-9,12H,2-4,7,15H2,1H3. The molecule has 1 aromatic carbocycles. The molecule has 1 aromatic rings. The van der Waals surface area contributed by atoms with Crippen LogP contribution in [0.15, 0.2) is 18.2 Å². The Morgan fingerprint density at radius 1 is 1.53 bits per heavy atom. The molecule has 0 amide bonds. The van der Waals surface area contributed by atoms with E-state index >= 15 is 0 Å². The SMILES string of the molecule is CC(N)C1CCCCN1c1ccc([N+](=O)[O-])cc1F. The first-order chi connectivity index (χ1) is 9.00. The molecule has 0 aromatic heterocycles. The second-order valence-corrected chi connectivity index (χ2v) is 5.01. The number of rotatable bonds is 3. The lowest BCUT2D eigenvalue weighted by Crippen LogP contribution is -2.49. The summed E-state index contributed by atoms with van der Waals surface area (Å²) in [5.41, 5.74) is 6.13.